The lowest BCUT2D eigenvalue weighted by molar-refractivity contribution is -0.123. The summed E-state index contributed by atoms with van der Waals surface area (Å²) in [5.41, 5.74) is 1.99. The van der Waals surface area contributed by atoms with Crippen molar-refractivity contribution in [3.05, 3.63) is 53.9 Å². The molecule has 2 N–H and O–H groups in total. The summed E-state index contributed by atoms with van der Waals surface area (Å²) in [5.74, 6) is 0.866. The SMILES string of the molecule is CC(C)c1ccc(OCC(=O)NCC(O)c2cccn2C)cc1. The number of carbonyl (C=O) groups is 1. The predicted molar refractivity (Wildman–Crippen MR) is 89.4 cm³/mol. The van der Waals surface area contributed by atoms with Crippen LogP contribution in [-0.2, 0) is 11.8 Å². The van der Waals surface area contributed by atoms with Crippen molar-refractivity contribution in [1.82, 2.24) is 9.88 Å². The van der Waals surface area contributed by atoms with Crippen LogP contribution in [0.4, 0.5) is 0 Å². The Morgan fingerprint density at radius 1 is 1.26 bits per heavy atom. The van der Waals surface area contributed by atoms with Crippen LogP contribution >= 0.6 is 0 Å². The van der Waals surface area contributed by atoms with Gasteiger partial charge >= 0.3 is 0 Å². The molecule has 0 aliphatic carbocycles. The van der Waals surface area contributed by atoms with Gasteiger partial charge in [0, 0.05) is 25.5 Å². The van der Waals surface area contributed by atoms with E-state index in [1.807, 2.05) is 54.2 Å². The van der Waals surface area contributed by atoms with E-state index >= 15 is 0 Å². The summed E-state index contributed by atoms with van der Waals surface area (Å²) in [4.78, 5) is 11.8. The molecule has 1 aromatic heterocycles. The molecule has 0 bridgehead atoms. The maximum absolute atomic E-state index is 11.8. The van der Waals surface area contributed by atoms with Gasteiger partial charge in [-0.3, -0.25) is 4.79 Å². The molecule has 0 aliphatic rings. The van der Waals surface area contributed by atoms with E-state index in [1.165, 1.54) is 5.56 Å². The second-order valence-electron chi connectivity index (χ2n) is 5.88. The van der Waals surface area contributed by atoms with Gasteiger partial charge in [0.2, 0.25) is 0 Å². The molecule has 1 atom stereocenters. The predicted octanol–water partition coefficient (Wildman–Crippen LogP) is 2.38. The molecule has 1 heterocycles. The van der Waals surface area contributed by atoms with E-state index in [0.717, 1.165) is 5.69 Å². The molecule has 2 aromatic rings. The van der Waals surface area contributed by atoms with Crippen LogP contribution in [0, 0.1) is 0 Å². The molecule has 5 heteroatoms. The second kappa shape index (κ2) is 7.83. The minimum atomic E-state index is -0.732. The fourth-order valence-corrected chi connectivity index (χ4v) is 2.28. The van der Waals surface area contributed by atoms with Gasteiger partial charge in [0.05, 0.1) is 0 Å². The van der Waals surface area contributed by atoms with Gasteiger partial charge in [0.1, 0.15) is 11.9 Å². The average molecular weight is 316 g/mol. The number of nitrogens with one attached hydrogen (secondary N) is 1. The Labute approximate surface area is 136 Å². The van der Waals surface area contributed by atoms with Crippen molar-refractivity contribution in [2.75, 3.05) is 13.2 Å². The number of aryl methyl sites for hydroxylation is 1. The summed E-state index contributed by atoms with van der Waals surface area (Å²) in [5, 5.41) is 12.7. The maximum atomic E-state index is 11.8. The highest BCUT2D eigenvalue weighted by molar-refractivity contribution is 5.77. The third kappa shape index (κ3) is 4.86. The number of hydrogen-bond acceptors (Lipinski definition) is 3. The molecule has 0 spiro atoms. The summed E-state index contributed by atoms with van der Waals surface area (Å²) in [6.07, 6.45) is 1.12. The summed E-state index contributed by atoms with van der Waals surface area (Å²) in [7, 11) is 1.85. The quantitative estimate of drug-likeness (QED) is 0.824. The minimum absolute atomic E-state index is 0.0686. The molecule has 1 aromatic carbocycles. The Morgan fingerprint density at radius 3 is 2.52 bits per heavy atom. The van der Waals surface area contributed by atoms with Crippen LogP contribution in [0.1, 0.15) is 37.1 Å². The van der Waals surface area contributed by atoms with Gasteiger partial charge in [-0.05, 0) is 35.7 Å². The number of aromatic nitrogens is 1. The Hall–Kier alpha value is -2.27. The molecular weight excluding hydrogens is 292 g/mol. The molecule has 0 saturated carbocycles. The van der Waals surface area contributed by atoms with Crippen LogP contribution in [0.25, 0.3) is 0 Å². The number of aliphatic hydroxyl groups excluding tert-OH is 1. The first kappa shape index (κ1) is 17.1. The summed E-state index contributed by atoms with van der Waals surface area (Å²) in [6.45, 7) is 4.34. The van der Waals surface area contributed by atoms with E-state index in [9.17, 15) is 9.90 Å². The van der Waals surface area contributed by atoms with Crippen molar-refractivity contribution in [3.8, 4) is 5.75 Å². The third-order valence-electron chi connectivity index (χ3n) is 3.73. The number of benzene rings is 1. The van der Waals surface area contributed by atoms with Crippen LogP contribution in [0.2, 0.25) is 0 Å². The molecule has 0 fully saturated rings. The van der Waals surface area contributed by atoms with E-state index in [4.69, 9.17) is 4.74 Å². The maximum Gasteiger partial charge on any atom is 0.258 e. The molecule has 5 nitrogen and oxygen atoms in total. The minimum Gasteiger partial charge on any atom is -0.484 e. The number of rotatable bonds is 7. The highest BCUT2D eigenvalue weighted by Gasteiger charge is 2.12. The summed E-state index contributed by atoms with van der Waals surface area (Å²) >= 11 is 0. The lowest BCUT2D eigenvalue weighted by atomic mass is 10.0. The van der Waals surface area contributed by atoms with E-state index in [1.54, 1.807) is 0 Å². The first-order chi connectivity index (χ1) is 11.0. The fraction of sp³-hybridized carbons (Fsp3) is 0.389. The average Bonchev–Trinajstić information content (AvgIpc) is 2.97. The highest BCUT2D eigenvalue weighted by atomic mass is 16.5. The zero-order valence-electron chi connectivity index (χ0n) is 13.8. The van der Waals surface area contributed by atoms with Crippen molar-refractivity contribution in [2.45, 2.75) is 25.9 Å². The van der Waals surface area contributed by atoms with E-state index in [0.29, 0.717) is 11.7 Å². The zero-order valence-corrected chi connectivity index (χ0v) is 13.8. The zero-order chi connectivity index (χ0) is 16.8. The molecule has 0 aliphatic heterocycles. The van der Waals surface area contributed by atoms with E-state index < -0.39 is 6.10 Å². The molecule has 23 heavy (non-hydrogen) atoms. The summed E-state index contributed by atoms with van der Waals surface area (Å²) < 4.78 is 7.27. The smallest absolute Gasteiger partial charge is 0.258 e. The van der Waals surface area contributed by atoms with Gasteiger partial charge in [-0.15, -0.1) is 0 Å². The Bertz CT molecular complexity index is 632. The first-order valence-electron chi connectivity index (χ1n) is 7.76. The molecule has 1 amide bonds. The third-order valence-corrected chi connectivity index (χ3v) is 3.73. The van der Waals surface area contributed by atoms with Gasteiger partial charge in [-0.2, -0.15) is 0 Å². The van der Waals surface area contributed by atoms with Crippen molar-refractivity contribution in [2.24, 2.45) is 7.05 Å². The number of ether oxygens (including phenoxy) is 1. The van der Waals surface area contributed by atoms with Gasteiger partial charge < -0.3 is 19.7 Å². The van der Waals surface area contributed by atoms with Crippen LogP contribution in [0.5, 0.6) is 5.75 Å². The van der Waals surface area contributed by atoms with E-state index in [-0.39, 0.29) is 19.1 Å². The largest absolute Gasteiger partial charge is 0.484 e. The monoisotopic (exact) mass is 316 g/mol. The van der Waals surface area contributed by atoms with Crippen molar-refractivity contribution >= 4 is 5.91 Å². The molecule has 2 rings (SSSR count). The standard InChI is InChI=1S/C18H24N2O3/c1-13(2)14-6-8-15(9-7-14)23-12-18(22)19-11-17(21)16-5-4-10-20(16)3/h4-10,13,17,21H,11-12H2,1-3H3,(H,19,22). The molecule has 0 radical (unpaired) electrons. The molecule has 0 saturated heterocycles. The van der Waals surface area contributed by atoms with Crippen LogP contribution in [0.3, 0.4) is 0 Å². The first-order valence-corrected chi connectivity index (χ1v) is 7.76. The van der Waals surface area contributed by atoms with Crippen molar-refractivity contribution in [3.63, 3.8) is 0 Å². The fourth-order valence-electron chi connectivity index (χ4n) is 2.28. The Kier molecular flexibility index (Phi) is 5.82. The Morgan fingerprint density at radius 2 is 1.96 bits per heavy atom. The Balaban J connectivity index is 1.76. The number of hydrogen-bond donors (Lipinski definition) is 2. The van der Waals surface area contributed by atoms with Crippen LogP contribution < -0.4 is 10.1 Å². The lowest BCUT2D eigenvalue weighted by Gasteiger charge is -2.13. The number of aliphatic hydroxyl groups is 1. The molecule has 124 valence electrons. The van der Waals surface area contributed by atoms with Crippen molar-refractivity contribution in [1.29, 1.82) is 0 Å². The molecule has 1 unspecified atom stereocenters. The molecular formula is C18H24N2O3. The lowest BCUT2D eigenvalue weighted by Crippen LogP contribution is -2.32. The second-order valence-corrected chi connectivity index (χ2v) is 5.88. The number of nitrogens with zero attached hydrogens (tertiary/aromatic N) is 1. The summed E-state index contributed by atoms with van der Waals surface area (Å²) in [6, 6.07) is 11.4. The van der Waals surface area contributed by atoms with E-state index in [2.05, 4.69) is 19.2 Å². The van der Waals surface area contributed by atoms with Crippen LogP contribution in [0.15, 0.2) is 42.6 Å². The van der Waals surface area contributed by atoms with Gasteiger partial charge in [-0.1, -0.05) is 26.0 Å². The van der Waals surface area contributed by atoms with Gasteiger partial charge in [-0.25, -0.2) is 0 Å². The number of amides is 1. The van der Waals surface area contributed by atoms with Gasteiger partial charge in [0.15, 0.2) is 6.61 Å². The van der Waals surface area contributed by atoms with Crippen LogP contribution in [-0.4, -0.2) is 28.7 Å². The normalized spacial score (nSPS) is 12.2. The van der Waals surface area contributed by atoms with Crippen molar-refractivity contribution < 1.29 is 14.6 Å². The number of carbonyl (C=O) groups excluding carboxylic acids is 1. The highest BCUT2D eigenvalue weighted by Crippen LogP contribution is 2.18. The topological polar surface area (TPSA) is 63.5 Å². The van der Waals surface area contributed by atoms with Gasteiger partial charge in [0.25, 0.3) is 5.91 Å².